The molecule has 0 fully saturated rings. The van der Waals surface area contributed by atoms with Crippen molar-refractivity contribution in [2.75, 3.05) is 11.9 Å². The monoisotopic (exact) mass is 247 g/mol. The van der Waals surface area contributed by atoms with Gasteiger partial charge in [-0.15, -0.1) is 0 Å². The van der Waals surface area contributed by atoms with Crippen LogP contribution in [0, 0.1) is 5.92 Å². The van der Waals surface area contributed by atoms with Crippen LogP contribution in [-0.2, 0) is 17.6 Å². The second kappa shape index (κ2) is 5.89. The van der Waals surface area contributed by atoms with Crippen molar-refractivity contribution in [3.05, 3.63) is 29.3 Å². The standard InChI is InChI=1S/C15H21NO2/c1-2-11(15(17)18)10-16-14-8-7-12-5-3-4-6-13(12)9-14/h7-9,11,16H,2-6,10H2,1H3,(H,17,18). The smallest absolute Gasteiger partial charge is 0.308 e. The van der Waals surface area contributed by atoms with Crippen LogP contribution in [0.5, 0.6) is 0 Å². The van der Waals surface area contributed by atoms with E-state index in [1.807, 2.05) is 6.92 Å². The third-order valence-corrected chi connectivity index (χ3v) is 3.74. The third-order valence-electron chi connectivity index (χ3n) is 3.74. The summed E-state index contributed by atoms with van der Waals surface area (Å²) in [6, 6.07) is 6.43. The van der Waals surface area contributed by atoms with E-state index in [0.29, 0.717) is 13.0 Å². The molecule has 98 valence electrons. The summed E-state index contributed by atoms with van der Waals surface area (Å²) in [7, 11) is 0. The molecule has 0 aliphatic heterocycles. The largest absolute Gasteiger partial charge is 0.481 e. The molecule has 3 nitrogen and oxygen atoms in total. The molecule has 0 amide bonds. The Kier molecular flexibility index (Phi) is 4.24. The van der Waals surface area contributed by atoms with Crippen LogP contribution in [0.1, 0.15) is 37.3 Å². The summed E-state index contributed by atoms with van der Waals surface area (Å²) in [4.78, 5) is 10.9. The highest BCUT2D eigenvalue weighted by Crippen LogP contribution is 2.24. The maximum absolute atomic E-state index is 10.9. The highest BCUT2D eigenvalue weighted by atomic mass is 16.4. The fraction of sp³-hybridized carbons (Fsp3) is 0.533. The fourth-order valence-corrected chi connectivity index (χ4v) is 2.49. The van der Waals surface area contributed by atoms with Crippen molar-refractivity contribution in [2.24, 2.45) is 5.92 Å². The van der Waals surface area contributed by atoms with Gasteiger partial charge < -0.3 is 10.4 Å². The van der Waals surface area contributed by atoms with Crippen LogP contribution in [-0.4, -0.2) is 17.6 Å². The number of nitrogens with one attached hydrogen (secondary N) is 1. The van der Waals surface area contributed by atoms with Gasteiger partial charge in [-0.1, -0.05) is 13.0 Å². The van der Waals surface area contributed by atoms with E-state index in [9.17, 15) is 4.79 Å². The fourth-order valence-electron chi connectivity index (χ4n) is 2.49. The van der Waals surface area contributed by atoms with E-state index in [2.05, 4.69) is 23.5 Å². The molecule has 1 aliphatic carbocycles. The second-order valence-corrected chi connectivity index (χ2v) is 5.01. The van der Waals surface area contributed by atoms with Gasteiger partial charge in [0.05, 0.1) is 5.92 Å². The van der Waals surface area contributed by atoms with Crippen LogP contribution in [0.4, 0.5) is 5.69 Å². The van der Waals surface area contributed by atoms with Gasteiger partial charge in [-0.3, -0.25) is 4.79 Å². The topological polar surface area (TPSA) is 49.3 Å². The van der Waals surface area contributed by atoms with Gasteiger partial charge >= 0.3 is 5.97 Å². The maximum Gasteiger partial charge on any atom is 0.308 e. The van der Waals surface area contributed by atoms with E-state index < -0.39 is 5.97 Å². The van der Waals surface area contributed by atoms with Crippen molar-refractivity contribution in [3.8, 4) is 0 Å². The molecular weight excluding hydrogens is 226 g/mol. The lowest BCUT2D eigenvalue weighted by Gasteiger charge is -2.18. The molecule has 0 radical (unpaired) electrons. The van der Waals surface area contributed by atoms with E-state index in [0.717, 1.165) is 12.1 Å². The van der Waals surface area contributed by atoms with Gasteiger partial charge in [-0.25, -0.2) is 0 Å². The normalized spacial score (nSPS) is 15.8. The van der Waals surface area contributed by atoms with Gasteiger partial charge in [-0.2, -0.15) is 0 Å². The summed E-state index contributed by atoms with van der Waals surface area (Å²) < 4.78 is 0. The Morgan fingerprint density at radius 2 is 2.06 bits per heavy atom. The van der Waals surface area contributed by atoms with Gasteiger partial charge in [0, 0.05) is 12.2 Å². The predicted molar refractivity (Wildman–Crippen MR) is 73.0 cm³/mol. The van der Waals surface area contributed by atoms with Crippen LogP contribution < -0.4 is 5.32 Å². The van der Waals surface area contributed by atoms with E-state index in [1.165, 1.54) is 30.4 Å². The van der Waals surface area contributed by atoms with Gasteiger partial charge in [0.2, 0.25) is 0 Å². The second-order valence-electron chi connectivity index (χ2n) is 5.01. The average molecular weight is 247 g/mol. The summed E-state index contributed by atoms with van der Waals surface area (Å²) in [5.41, 5.74) is 3.93. The molecule has 1 aromatic rings. The minimum absolute atomic E-state index is 0.305. The number of carboxylic acid groups (broad SMARTS) is 1. The number of benzene rings is 1. The minimum atomic E-state index is -0.719. The van der Waals surface area contributed by atoms with Crippen molar-refractivity contribution in [2.45, 2.75) is 39.0 Å². The van der Waals surface area contributed by atoms with Crippen molar-refractivity contribution >= 4 is 11.7 Å². The molecule has 18 heavy (non-hydrogen) atoms. The summed E-state index contributed by atoms with van der Waals surface area (Å²) in [5, 5.41) is 12.2. The van der Waals surface area contributed by atoms with Gasteiger partial charge in [-0.05, 0) is 55.4 Å². The van der Waals surface area contributed by atoms with Crippen LogP contribution >= 0.6 is 0 Å². The SMILES string of the molecule is CCC(CNc1ccc2c(c1)CCCC2)C(=O)O. The lowest BCUT2D eigenvalue weighted by Crippen LogP contribution is -2.22. The molecule has 2 N–H and O–H groups in total. The molecule has 0 saturated carbocycles. The maximum atomic E-state index is 10.9. The van der Waals surface area contributed by atoms with Crippen LogP contribution in [0.3, 0.4) is 0 Å². The zero-order valence-electron chi connectivity index (χ0n) is 10.9. The Hall–Kier alpha value is -1.51. The minimum Gasteiger partial charge on any atom is -0.481 e. The first-order valence-electron chi connectivity index (χ1n) is 6.79. The molecule has 0 saturated heterocycles. The number of fused-ring (bicyclic) bond motifs is 1. The molecule has 1 aliphatic rings. The van der Waals surface area contributed by atoms with E-state index in [4.69, 9.17) is 5.11 Å². The summed E-state index contributed by atoms with van der Waals surface area (Å²) >= 11 is 0. The van der Waals surface area contributed by atoms with Crippen LogP contribution in [0.15, 0.2) is 18.2 Å². The molecule has 2 rings (SSSR count). The zero-order chi connectivity index (χ0) is 13.0. The molecule has 1 atom stereocenters. The lowest BCUT2D eigenvalue weighted by atomic mass is 9.91. The Labute approximate surface area is 108 Å². The quantitative estimate of drug-likeness (QED) is 0.840. The van der Waals surface area contributed by atoms with Crippen molar-refractivity contribution in [1.82, 2.24) is 0 Å². The molecular formula is C15H21NO2. The number of aliphatic carboxylic acids is 1. The summed E-state index contributed by atoms with van der Waals surface area (Å²) in [6.07, 6.45) is 5.55. The molecule has 0 spiro atoms. The van der Waals surface area contributed by atoms with Crippen molar-refractivity contribution < 1.29 is 9.90 Å². The molecule has 1 unspecified atom stereocenters. The number of hydrogen-bond acceptors (Lipinski definition) is 2. The van der Waals surface area contributed by atoms with E-state index >= 15 is 0 Å². The number of aryl methyl sites for hydroxylation is 2. The number of rotatable bonds is 5. The molecule has 3 heteroatoms. The lowest BCUT2D eigenvalue weighted by molar-refractivity contribution is -0.141. The Morgan fingerprint density at radius 1 is 1.33 bits per heavy atom. The number of carboxylic acids is 1. The molecule has 0 aromatic heterocycles. The van der Waals surface area contributed by atoms with Gasteiger partial charge in [0.15, 0.2) is 0 Å². The first-order chi connectivity index (χ1) is 8.70. The Bertz CT molecular complexity index is 429. The highest BCUT2D eigenvalue weighted by molar-refractivity contribution is 5.70. The highest BCUT2D eigenvalue weighted by Gasteiger charge is 2.15. The van der Waals surface area contributed by atoms with Crippen molar-refractivity contribution in [1.29, 1.82) is 0 Å². The Balaban J connectivity index is 1.99. The van der Waals surface area contributed by atoms with E-state index in [-0.39, 0.29) is 5.92 Å². The van der Waals surface area contributed by atoms with E-state index in [1.54, 1.807) is 0 Å². The summed E-state index contributed by atoms with van der Waals surface area (Å²) in [5.74, 6) is -1.02. The van der Waals surface area contributed by atoms with Crippen LogP contribution in [0.2, 0.25) is 0 Å². The number of hydrogen-bond donors (Lipinski definition) is 2. The first kappa shape index (κ1) is 12.9. The zero-order valence-corrected chi connectivity index (χ0v) is 10.9. The molecule has 1 aromatic carbocycles. The third kappa shape index (κ3) is 3.03. The number of carbonyl (C=O) groups is 1. The van der Waals surface area contributed by atoms with Gasteiger partial charge in [0.1, 0.15) is 0 Å². The molecule has 0 heterocycles. The molecule has 0 bridgehead atoms. The predicted octanol–water partition coefficient (Wildman–Crippen LogP) is 3.09. The van der Waals surface area contributed by atoms with Crippen LogP contribution in [0.25, 0.3) is 0 Å². The summed E-state index contributed by atoms with van der Waals surface area (Å²) in [6.45, 7) is 2.41. The Morgan fingerprint density at radius 3 is 2.72 bits per heavy atom. The number of anilines is 1. The van der Waals surface area contributed by atoms with Crippen molar-refractivity contribution in [3.63, 3.8) is 0 Å². The van der Waals surface area contributed by atoms with Gasteiger partial charge in [0.25, 0.3) is 0 Å². The first-order valence-corrected chi connectivity index (χ1v) is 6.79. The average Bonchev–Trinajstić information content (AvgIpc) is 2.39.